The van der Waals surface area contributed by atoms with Crippen LogP contribution in [0.4, 0.5) is 0 Å². The predicted octanol–water partition coefficient (Wildman–Crippen LogP) is 2.26. The molecule has 0 saturated heterocycles. The zero-order valence-corrected chi connectivity index (χ0v) is 7.47. The SMILES string of the molecule is C#CCCCOCCS[S]. The number of unbranched alkanes of at least 4 members (excludes halogenated alkanes) is 1. The molecule has 1 nitrogen and oxygen atoms in total. The Balaban J connectivity index is 2.72. The molecule has 10 heavy (non-hydrogen) atoms. The topological polar surface area (TPSA) is 9.23 Å². The van der Waals surface area contributed by atoms with E-state index in [9.17, 15) is 0 Å². The summed E-state index contributed by atoms with van der Waals surface area (Å²) in [4.78, 5) is 0. The van der Waals surface area contributed by atoms with Crippen molar-refractivity contribution in [3.8, 4) is 12.3 Å². The van der Waals surface area contributed by atoms with Crippen LogP contribution in [0.25, 0.3) is 0 Å². The molecule has 0 amide bonds. The van der Waals surface area contributed by atoms with Gasteiger partial charge in [-0.05, 0) is 18.1 Å². The minimum Gasteiger partial charge on any atom is -0.381 e. The molecule has 0 fully saturated rings. The summed E-state index contributed by atoms with van der Waals surface area (Å²) in [5.41, 5.74) is 0. The van der Waals surface area contributed by atoms with Gasteiger partial charge in [0.15, 0.2) is 0 Å². The van der Waals surface area contributed by atoms with Crippen molar-refractivity contribution >= 4 is 22.5 Å². The smallest absolute Gasteiger partial charge is 0.0565 e. The Morgan fingerprint density at radius 1 is 1.50 bits per heavy atom. The molecule has 0 N–H and O–H groups in total. The third kappa shape index (κ3) is 8.22. The fourth-order valence-corrected chi connectivity index (χ4v) is 0.861. The minimum absolute atomic E-state index is 0.749. The predicted molar refractivity (Wildman–Crippen MR) is 48.9 cm³/mol. The standard InChI is InChI=1S/C7H11OS2/c1-2-3-4-5-8-6-7-10-9/h1H,3-7H2. The average molecular weight is 175 g/mol. The van der Waals surface area contributed by atoms with Gasteiger partial charge in [-0.15, -0.1) is 12.3 Å². The van der Waals surface area contributed by atoms with E-state index in [-0.39, 0.29) is 0 Å². The second-order valence-electron chi connectivity index (χ2n) is 1.74. The fourth-order valence-electron chi connectivity index (χ4n) is 0.471. The number of hydrogen-bond acceptors (Lipinski definition) is 2. The van der Waals surface area contributed by atoms with Crippen molar-refractivity contribution in [3.05, 3.63) is 0 Å². The molecule has 0 aromatic rings. The summed E-state index contributed by atoms with van der Waals surface area (Å²) in [5.74, 6) is 3.45. The van der Waals surface area contributed by atoms with Crippen LogP contribution in [0.15, 0.2) is 0 Å². The lowest BCUT2D eigenvalue weighted by atomic mass is 10.3. The molecule has 0 heterocycles. The van der Waals surface area contributed by atoms with Gasteiger partial charge in [-0.25, -0.2) is 0 Å². The maximum absolute atomic E-state index is 5.19. The van der Waals surface area contributed by atoms with Crippen LogP contribution in [0.5, 0.6) is 0 Å². The Hall–Kier alpha value is 0.220. The monoisotopic (exact) mass is 175 g/mol. The summed E-state index contributed by atoms with van der Waals surface area (Å²) in [5, 5.41) is 0. The van der Waals surface area contributed by atoms with Crippen molar-refractivity contribution in [3.63, 3.8) is 0 Å². The van der Waals surface area contributed by atoms with Crippen LogP contribution in [-0.2, 0) is 4.74 Å². The van der Waals surface area contributed by atoms with Crippen LogP contribution in [0.1, 0.15) is 12.8 Å². The van der Waals surface area contributed by atoms with Crippen LogP contribution in [0, 0.1) is 12.3 Å². The van der Waals surface area contributed by atoms with Gasteiger partial charge < -0.3 is 4.74 Å². The van der Waals surface area contributed by atoms with E-state index in [0.29, 0.717) is 0 Å². The molecule has 0 aromatic carbocycles. The molecule has 0 aliphatic carbocycles. The maximum atomic E-state index is 5.19. The Kier molecular flexibility index (Phi) is 9.42. The van der Waals surface area contributed by atoms with Gasteiger partial charge in [0, 0.05) is 18.8 Å². The van der Waals surface area contributed by atoms with Crippen molar-refractivity contribution in [1.82, 2.24) is 0 Å². The highest BCUT2D eigenvalue weighted by Crippen LogP contribution is 2.03. The van der Waals surface area contributed by atoms with Crippen LogP contribution in [0.3, 0.4) is 0 Å². The molecular formula is C7H11OS2. The molecule has 0 atom stereocenters. The maximum Gasteiger partial charge on any atom is 0.0565 e. The van der Waals surface area contributed by atoms with Crippen molar-refractivity contribution < 1.29 is 4.74 Å². The number of rotatable bonds is 6. The van der Waals surface area contributed by atoms with Crippen molar-refractivity contribution in [2.24, 2.45) is 0 Å². The lowest BCUT2D eigenvalue weighted by Gasteiger charge is -1.98. The highest BCUT2D eigenvalue weighted by molar-refractivity contribution is 8.68. The first-order valence-electron chi connectivity index (χ1n) is 3.17. The highest BCUT2D eigenvalue weighted by Gasteiger charge is 1.86. The minimum atomic E-state index is 0.749. The second kappa shape index (κ2) is 9.22. The third-order valence-electron chi connectivity index (χ3n) is 0.921. The van der Waals surface area contributed by atoms with Crippen LogP contribution < -0.4 is 0 Å². The molecule has 3 heteroatoms. The molecule has 0 spiro atoms. The third-order valence-corrected chi connectivity index (χ3v) is 1.75. The summed E-state index contributed by atoms with van der Waals surface area (Å²) in [7, 11) is 1.38. The highest BCUT2D eigenvalue weighted by atomic mass is 33.1. The molecular weight excluding hydrogens is 164 g/mol. The number of terminal acetylenes is 1. The van der Waals surface area contributed by atoms with E-state index >= 15 is 0 Å². The zero-order chi connectivity index (χ0) is 7.66. The first kappa shape index (κ1) is 10.2. The van der Waals surface area contributed by atoms with E-state index in [0.717, 1.165) is 31.8 Å². The van der Waals surface area contributed by atoms with Gasteiger partial charge in [0.05, 0.1) is 6.61 Å². The van der Waals surface area contributed by atoms with E-state index in [1.165, 1.54) is 10.8 Å². The van der Waals surface area contributed by atoms with Gasteiger partial charge in [0.25, 0.3) is 0 Å². The fraction of sp³-hybridized carbons (Fsp3) is 0.714. The Labute approximate surface area is 71.7 Å². The lowest BCUT2D eigenvalue weighted by Crippen LogP contribution is -1.97. The van der Waals surface area contributed by atoms with Gasteiger partial charge in [0.1, 0.15) is 0 Å². The van der Waals surface area contributed by atoms with Gasteiger partial charge in [-0.2, -0.15) is 0 Å². The molecule has 0 rings (SSSR count). The van der Waals surface area contributed by atoms with Crippen LogP contribution in [-0.4, -0.2) is 19.0 Å². The quantitative estimate of drug-likeness (QED) is 0.348. The molecule has 0 bridgehead atoms. The Bertz CT molecular complexity index is 98.3. The summed E-state index contributed by atoms with van der Waals surface area (Å²) in [6.45, 7) is 1.51. The Morgan fingerprint density at radius 2 is 2.30 bits per heavy atom. The normalized spacial score (nSPS) is 9.20. The van der Waals surface area contributed by atoms with E-state index in [2.05, 4.69) is 17.6 Å². The summed E-state index contributed by atoms with van der Waals surface area (Å²) >= 11 is 4.66. The van der Waals surface area contributed by atoms with Gasteiger partial charge in [0.2, 0.25) is 0 Å². The van der Waals surface area contributed by atoms with Gasteiger partial charge in [-0.1, -0.05) is 10.8 Å². The molecule has 0 unspecified atom stereocenters. The molecule has 0 aliphatic heterocycles. The average Bonchev–Trinajstić information content (AvgIpc) is 1.97. The van der Waals surface area contributed by atoms with Crippen molar-refractivity contribution in [1.29, 1.82) is 0 Å². The summed E-state index contributed by atoms with van der Waals surface area (Å²) in [6, 6.07) is 0. The van der Waals surface area contributed by atoms with Gasteiger partial charge in [-0.3, -0.25) is 0 Å². The molecule has 0 aromatic heterocycles. The molecule has 1 radical (unpaired) electrons. The van der Waals surface area contributed by atoms with Crippen molar-refractivity contribution in [2.75, 3.05) is 19.0 Å². The summed E-state index contributed by atoms with van der Waals surface area (Å²) in [6.07, 6.45) is 6.81. The van der Waals surface area contributed by atoms with E-state index < -0.39 is 0 Å². The zero-order valence-electron chi connectivity index (χ0n) is 5.84. The van der Waals surface area contributed by atoms with E-state index in [1.807, 2.05) is 0 Å². The summed E-state index contributed by atoms with van der Waals surface area (Å²) < 4.78 is 5.19. The number of ether oxygens (including phenoxy) is 1. The first-order chi connectivity index (χ1) is 4.91. The van der Waals surface area contributed by atoms with Crippen LogP contribution >= 0.6 is 22.5 Å². The van der Waals surface area contributed by atoms with Gasteiger partial charge >= 0.3 is 0 Å². The lowest BCUT2D eigenvalue weighted by molar-refractivity contribution is 0.148. The molecule has 0 aliphatic rings. The van der Waals surface area contributed by atoms with E-state index in [4.69, 9.17) is 11.2 Å². The second-order valence-corrected chi connectivity index (χ2v) is 3.09. The largest absolute Gasteiger partial charge is 0.381 e. The first-order valence-corrected chi connectivity index (χ1v) is 5.09. The van der Waals surface area contributed by atoms with Crippen LogP contribution in [0.2, 0.25) is 0 Å². The molecule has 0 saturated carbocycles. The number of hydrogen-bond donors (Lipinski definition) is 0. The Morgan fingerprint density at radius 3 is 2.90 bits per heavy atom. The van der Waals surface area contributed by atoms with E-state index in [1.54, 1.807) is 0 Å². The van der Waals surface area contributed by atoms with Crippen molar-refractivity contribution in [2.45, 2.75) is 12.8 Å². The molecule has 57 valence electrons.